The van der Waals surface area contributed by atoms with Gasteiger partial charge in [0.15, 0.2) is 6.61 Å². The van der Waals surface area contributed by atoms with E-state index in [2.05, 4.69) is 10.6 Å². The molecule has 0 aliphatic carbocycles. The molecule has 0 aliphatic rings. The predicted octanol–water partition coefficient (Wildman–Crippen LogP) is 3.48. The van der Waals surface area contributed by atoms with E-state index in [-0.39, 0.29) is 18.3 Å². The summed E-state index contributed by atoms with van der Waals surface area (Å²) in [6.45, 7) is 3.51. The average Bonchev–Trinajstić information content (AvgIpc) is 2.71. The third kappa shape index (κ3) is 7.83. The summed E-state index contributed by atoms with van der Waals surface area (Å²) in [5.74, 6) is -1.88. The molecule has 2 N–H and O–H groups in total. The highest BCUT2D eigenvalue weighted by Gasteiger charge is 2.24. The maximum atomic E-state index is 12.9. The van der Waals surface area contributed by atoms with Crippen molar-refractivity contribution in [2.24, 2.45) is 5.92 Å². The van der Waals surface area contributed by atoms with E-state index in [0.717, 1.165) is 0 Å². The van der Waals surface area contributed by atoms with Gasteiger partial charge in [-0.2, -0.15) is 0 Å². The van der Waals surface area contributed by atoms with Crippen LogP contribution in [0, 0.1) is 11.7 Å². The highest BCUT2D eigenvalue weighted by Crippen LogP contribution is 2.12. The smallest absolute Gasteiger partial charge is 0.329 e. The van der Waals surface area contributed by atoms with Crippen LogP contribution in [0.1, 0.15) is 36.2 Å². The summed E-state index contributed by atoms with van der Waals surface area (Å²) < 4.78 is 18.0. The Balaban J connectivity index is 1.87. The minimum atomic E-state index is -0.891. The number of amides is 2. The largest absolute Gasteiger partial charge is 0.454 e. The average molecular weight is 435 g/mol. The van der Waals surface area contributed by atoms with Crippen LogP contribution in [-0.4, -0.2) is 30.4 Å². The number of carbonyl (C=O) groups excluding carboxylic acids is 3. The van der Waals surface area contributed by atoms with Crippen molar-refractivity contribution in [2.75, 3.05) is 6.61 Å². The van der Waals surface area contributed by atoms with Gasteiger partial charge in [-0.15, -0.1) is 0 Å². The molecular weight excluding hydrogens is 411 g/mol. The summed E-state index contributed by atoms with van der Waals surface area (Å²) in [6, 6.07) is 11.1. The number of carbonyl (C=O) groups is 3. The van der Waals surface area contributed by atoms with E-state index in [9.17, 15) is 18.8 Å². The molecule has 8 heteroatoms. The first-order valence-corrected chi connectivity index (χ1v) is 9.86. The number of nitrogens with one attached hydrogen (secondary N) is 2. The van der Waals surface area contributed by atoms with Crippen molar-refractivity contribution < 1.29 is 23.5 Å². The maximum Gasteiger partial charge on any atom is 0.329 e. The zero-order valence-electron chi connectivity index (χ0n) is 16.8. The van der Waals surface area contributed by atoms with Crippen LogP contribution in [0.2, 0.25) is 5.02 Å². The molecule has 0 aliphatic heterocycles. The Bertz CT molecular complexity index is 870. The second-order valence-corrected chi connectivity index (χ2v) is 7.61. The maximum absolute atomic E-state index is 12.9. The van der Waals surface area contributed by atoms with Crippen LogP contribution < -0.4 is 10.6 Å². The lowest BCUT2D eigenvalue weighted by Crippen LogP contribution is -2.43. The number of halogens is 2. The van der Waals surface area contributed by atoms with Crippen LogP contribution in [0.5, 0.6) is 0 Å². The van der Waals surface area contributed by atoms with Crippen LogP contribution >= 0.6 is 11.6 Å². The van der Waals surface area contributed by atoms with Gasteiger partial charge in [-0.1, -0.05) is 37.6 Å². The lowest BCUT2D eigenvalue weighted by atomic mass is 10.0. The molecule has 160 valence electrons. The van der Waals surface area contributed by atoms with Crippen LogP contribution in [-0.2, 0) is 20.9 Å². The first kappa shape index (κ1) is 23.3. The lowest BCUT2D eigenvalue weighted by Gasteiger charge is -2.19. The molecule has 0 aromatic heterocycles. The summed E-state index contributed by atoms with van der Waals surface area (Å²) in [6.07, 6.45) is 0.357. The van der Waals surface area contributed by atoms with Gasteiger partial charge < -0.3 is 15.4 Å². The van der Waals surface area contributed by atoms with Crippen LogP contribution in [0.3, 0.4) is 0 Å². The summed E-state index contributed by atoms with van der Waals surface area (Å²) in [5.41, 5.74) is 1.07. The summed E-state index contributed by atoms with van der Waals surface area (Å²) in [7, 11) is 0. The Labute approximate surface area is 179 Å². The van der Waals surface area contributed by atoms with Gasteiger partial charge in [0, 0.05) is 17.1 Å². The van der Waals surface area contributed by atoms with Crippen molar-refractivity contribution in [2.45, 2.75) is 32.9 Å². The monoisotopic (exact) mass is 434 g/mol. The van der Waals surface area contributed by atoms with Crippen molar-refractivity contribution in [3.63, 3.8) is 0 Å². The van der Waals surface area contributed by atoms with E-state index in [1.165, 1.54) is 12.1 Å². The first-order chi connectivity index (χ1) is 14.2. The highest BCUT2D eigenvalue weighted by atomic mass is 35.5. The van der Waals surface area contributed by atoms with E-state index in [1.807, 2.05) is 13.8 Å². The topological polar surface area (TPSA) is 84.5 Å². The third-order valence-corrected chi connectivity index (χ3v) is 4.40. The van der Waals surface area contributed by atoms with Gasteiger partial charge in [0.2, 0.25) is 0 Å². The van der Waals surface area contributed by atoms with Gasteiger partial charge in [-0.3, -0.25) is 9.59 Å². The Morgan fingerprint density at radius 2 is 1.67 bits per heavy atom. The highest BCUT2D eigenvalue weighted by molar-refractivity contribution is 6.30. The number of hydrogen-bond acceptors (Lipinski definition) is 4. The lowest BCUT2D eigenvalue weighted by molar-refractivity contribution is -0.150. The number of rotatable bonds is 9. The zero-order valence-corrected chi connectivity index (χ0v) is 17.5. The molecular formula is C22H24ClFN2O4. The number of esters is 1. The van der Waals surface area contributed by atoms with Gasteiger partial charge in [-0.25, -0.2) is 9.18 Å². The molecule has 2 aromatic carbocycles. The summed E-state index contributed by atoms with van der Waals surface area (Å²) in [5, 5.41) is 5.73. The van der Waals surface area contributed by atoms with Crippen molar-refractivity contribution in [3.8, 4) is 0 Å². The Kier molecular flexibility index (Phi) is 8.80. The first-order valence-electron chi connectivity index (χ1n) is 9.49. The van der Waals surface area contributed by atoms with E-state index in [1.54, 1.807) is 36.4 Å². The molecule has 0 saturated carbocycles. The Morgan fingerprint density at radius 1 is 1.03 bits per heavy atom. The summed E-state index contributed by atoms with van der Waals surface area (Å²) in [4.78, 5) is 36.8. The van der Waals surface area contributed by atoms with Gasteiger partial charge in [0.1, 0.15) is 11.9 Å². The Hall–Kier alpha value is -2.93. The molecule has 0 heterocycles. The molecule has 0 fully saturated rings. The van der Waals surface area contributed by atoms with Crippen molar-refractivity contribution in [1.82, 2.24) is 10.6 Å². The van der Waals surface area contributed by atoms with E-state index in [0.29, 0.717) is 22.6 Å². The van der Waals surface area contributed by atoms with Gasteiger partial charge >= 0.3 is 5.97 Å². The minimum absolute atomic E-state index is 0.111. The molecule has 0 saturated heterocycles. The second-order valence-electron chi connectivity index (χ2n) is 7.17. The number of hydrogen-bond donors (Lipinski definition) is 2. The molecule has 2 rings (SSSR count). The fourth-order valence-corrected chi connectivity index (χ4v) is 2.75. The van der Waals surface area contributed by atoms with E-state index >= 15 is 0 Å². The van der Waals surface area contributed by atoms with Crippen molar-refractivity contribution >= 4 is 29.4 Å². The second kappa shape index (κ2) is 11.3. The molecule has 1 atom stereocenters. The number of benzene rings is 2. The standard InChI is InChI=1S/C22H24ClFN2O4/c1-14(2)11-19(26-21(28)16-5-7-17(23)8-6-16)22(29)30-13-20(27)25-12-15-3-9-18(24)10-4-15/h3-10,14,19H,11-13H2,1-2H3,(H,25,27)(H,26,28). The van der Waals surface area contributed by atoms with Crippen molar-refractivity contribution in [1.29, 1.82) is 0 Å². The number of ether oxygens (including phenoxy) is 1. The molecule has 0 bridgehead atoms. The fraction of sp³-hybridized carbons (Fsp3) is 0.318. The normalized spacial score (nSPS) is 11.6. The molecule has 2 aromatic rings. The predicted molar refractivity (Wildman–Crippen MR) is 111 cm³/mol. The minimum Gasteiger partial charge on any atom is -0.454 e. The van der Waals surface area contributed by atoms with Gasteiger partial charge in [0.25, 0.3) is 11.8 Å². The third-order valence-electron chi connectivity index (χ3n) is 4.15. The van der Waals surface area contributed by atoms with E-state index < -0.39 is 30.4 Å². The molecule has 0 spiro atoms. The van der Waals surface area contributed by atoms with Gasteiger partial charge in [0.05, 0.1) is 0 Å². The van der Waals surface area contributed by atoms with Gasteiger partial charge in [-0.05, 0) is 54.3 Å². The van der Waals surface area contributed by atoms with Crippen LogP contribution in [0.15, 0.2) is 48.5 Å². The summed E-state index contributed by atoms with van der Waals surface area (Å²) >= 11 is 5.82. The van der Waals surface area contributed by atoms with Crippen molar-refractivity contribution in [3.05, 3.63) is 70.5 Å². The van der Waals surface area contributed by atoms with Crippen LogP contribution in [0.25, 0.3) is 0 Å². The molecule has 30 heavy (non-hydrogen) atoms. The fourth-order valence-electron chi connectivity index (χ4n) is 2.62. The van der Waals surface area contributed by atoms with E-state index in [4.69, 9.17) is 16.3 Å². The quantitative estimate of drug-likeness (QED) is 0.592. The zero-order chi connectivity index (χ0) is 22.1. The molecule has 2 amide bonds. The molecule has 0 radical (unpaired) electrons. The van der Waals surface area contributed by atoms with Crippen LogP contribution in [0.4, 0.5) is 4.39 Å². The molecule has 1 unspecified atom stereocenters. The SMILES string of the molecule is CC(C)CC(NC(=O)c1ccc(Cl)cc1)C(=O)OCC(=O)NCc1ccc(F)cc1. The Morgan fingerprint density at radius 3 is 2.27 bits per heavy atom. The molecule has 6 nitrogen and oxygen atoms in total.